The second-order valence-corrected chi connectivity index (χ2v) is 5.78. The van der Waals surface area contributed by atoms with E-state index in [9.17, 15) is 0 Å². The van der Waals surface area contributed by atoms with Crippen LogP contribution in [0.4, 0.5) is 0 Å². The van der Waals surface area contributed by atoms with Crippen molar-refractivity contribution in [2.24, 2.45) is 0 Å². The molecule has 3 rings (SSSR count). The normalized spacial score (nSPS) is 13.8. The van der Waals surface area contributed by atoms with Gasteiger partial charge in [-0.3, -0.25) is 0 Å². The largest absolute Gasteiger partial charge is 0.497 e. The fraction of sp³-hybridized carbons (Fsp3) is 0.368. The Morgan fingerprint density at radius 2 is 1.19 bits per heavy atom. The quantitative estimate of drug-likeness (QED) is 0.854. The van der Waals surface area contributed by atoms with E-state index in [4.69, 9.17) is 9.47 Å². The lowest BCUT2D eigenvalue weighted by Crippen LogP contribution is -2.02. The Balaban J connectivity index is 1.93. The van der Waals surface area contributed by atoms with E-state index < -0.39 is 0 Å². The number of ether oxygens (including phenoxy) is 2. The van der Waals surface area contributed by atoms with Gasteiger partial charge in [0.15, 0.2) is 0 Å². The Hall–Kier alpha value is -1.80. The number of benzene rings is 2. The highest BCUT2D eigenvalue weighted by molar-refractivity contribution is 5.38. The molecule has 0 unspecified atom stereocenters. The minimum absolute atomic E-state index is 0.694. The van der Waals surface area contributed by atoms with Crippen molar-refractivity contribution in [2.45, 2.75) is 32.3 Å². The third-order valence-corrected chi connectivity index (χ3v) is 4.09. The molecule has 0 atom stereocenters. The van der Waals surface area contributed by atoms with Crippen LogP contribution in [0.25, 0.3) is 0 Å². The van der Waals surface area contributed by atoms with Gasteiger partial charge in [-0.15, -0.1) is 0 Å². The summed E-state index contributed by atoms with van der Waals surface area (Å²) in [4.78, 5) is 0. The van der Waals surface area contributed by atoms with Crippen molar-refractivity contribution in [3.8, 4) is 5.75 Å². The molecule has 0 aromatic heterocycles. The van der Waals surface area contributed by atoms with Crippen molar-refractivity contribution in [3.63, 3.8) is 0 Å². The second-order valence-electron chi connectivity index (χ2n) is 5.78. The van der Waals surface area contributed by atoms with Crippen LogP contribution in [-0.4, -0.2) is 14.2 Å². The minimum atomic E-state index is 0.694. The van der Waals surface area contributed by atoms with E-state index in [1.54, 1.807) is 14.2 Å². The van der Waals surface area contributed by atoms with Gasteiger partial charge in [0, 0.05) is 7.11 Å². The lowest BCUT2D eigenvalue weighted by Gasteiger charge is -2.14. The zero-order chi connectivity index (χ0) is 14.7. The van der Waals surface area contributed by atoms with Crippen LogP contribution in [-0.2, 0) is 37.0 Å². The molecule has 0 saturated carbocycles. The standard InChI is InChI=1S/C19H22O2/c1-20-13-18-9-14-3-5-16-8-17(12-19(11-16)21-2)6-4-15(7-14)10-18/h7-12H,3-6,13H2,1-2H3. The average Bonchev–Trinajstić information content (AvgIpc) is 2.50. The van der Waals surface area contributed by atoms with Crippen molar-refractivity contribution < 1.29 is 9.47 Å². The molecule has 0 heterocycles. The molecule has 2 aromatic rings. The first-order valence-electron chi connectivity index (χ1n) is 7.54. The Bertz CT molecular complexity index is 587. The summed E-state index contributed by atoms with van der Waals surface area (Å²) >= 11 is 0. The summed E-state index contributed by atoms with van der Waals surface area (Å²) in [7, 11) is 3.50. The van der Waals surface area contributed by atoms with E-state index in [1.807, 2.05) is 0 Å². The maximum atomic E-state index is 5.43. The van der Waals surface area contributed by atoms with Gasteiger partial charge in [0.25, 0.3) is 0 Å². The summed E-state index contributed by atoms with van der Waals surface area (Å²) in [6.07, 6.45) is 4.24. The SMILES string of the molecule is COCc1cc2cc(c1)CCc1cc(cc(OC)c1)CC2. The lowest BCUT2D eigenvalue weighted by molar-refractivity contribution is 0.185. The molecular formula is C19H22O2. The highest BCUT2D eigenvalue weighted by atomic mass is 16.5. The van der Waals surface area contributed by atoms with Crippen LogP contribution in [0, 0.1) is 0 Å². The summed E-state index contributed by atoms with van der Waals surface area (Å²) in [5.41, 5.74) is 6.83. The fourth-order valence-corrected chi connectivity index (χ4v) is 3.09. The predicted octanol–water partition coefficient (Wildman–Crippen LogP) is 3.73. The molecule has 0 fully saturated rings. The molecule has 0 radical (unpaired) electrons. The van der Waals surface area contributed by atoms with E-state index in [1.165, 1.54) is 27.8 Å². The third-order valence-electron chi connectivity index (χ3n) is 4.09. The van der Waals surface area contributed by atoms with Crippen molar-refractivity contribution in [1.82, 2.24) is 0 Å². The van der Waals surface area contributed by atoms with Gasteiger partial charge >= 0.3 is 0 Å². The van der Waals surface area contributed by atoms with Crippen LogP contribution in [0.5, 0.6) is 5.75 Å². The lowest BCUT2D eigenvalue weighted by atomic mass is 9.93. The molecule has 1 aliphatic rings. The monoisotopic (exact) mass is 282 g/mol. The summed E-state index contributed by atoms with van der Waals surface area (Å²) < 4.78 is 10.7. The van der Waals surface area contributed by atoms with E-state index in [0.29, 0.717) is 6.61 Å². The summed E-state index contributed by atoms with van der Waals surface area (Å²) in [5, 5.41) is 0. The second kappa shape index (κ2) is 6.31. The van der Waals surface area contributed by atoms with Crippen LogP contribution in [0.3, 0.4) is 0 Å². The van der Waals surface area contributed by atoms with Gasteiger partial charge in [0.05, 0.1) is 13.7 Å². The first-order chi connectivity index (χ1) is 10.3. The van der Waals surface area contributed by atoms with Crippen molar-refractivity contribution >= 4 is 0 Å². The Morgan fingerprint density at radius 3 is 1.62 bits per heavy atom. The summed E-state index contributed by atoms with van der Waals surface area (Å²) in [5.74, 6) is 0.979. The summed E-state index contributed by atoms with van der Waals surface area (Å²) in [6, 6.07) is 13.5. The van der Waals surface area contributed by atoms with Gasteiger partial charge in [-0.1, -0.05) is 24.3 Å². The Morgan fingerprint density at radius 1 is 0.714 bits per heavy atom. The Labute approximate surface area is 126 Å². The first kappa shape index (κ1) is 14.2. The molecule has 4 bridgehead atoms. The Kier molecular flexibility index (Phi) is 4.26. The van der Waals surface area contributed by atoms with Gasteiger partial charge in [-0.25, -0.2) is 0 Å². The third kappa shape index (κ3) is 3.45. The van der Waals surface area contributed by atoms with Crippen LogP contribution in [0.2, 0.25) is 0 Å². The molecule has 2 nitrogen and oxygen atoms in total. The zero-order valence-corrected chi connectivity index (χ0v) is 12.8. The van der Waals surface area contributed by atoms with Gasteiger partial charge in [0.1, 0.15) is 5.75 Å². The van der Waals surface area contributed by atoms with Crippen LogP contribution in [0.1, 0.15) is 27.8 Å². The molecule has 0 aliphatic heterocycles. The maximum Gasteiger partial charge on any atom is 0.119 e. The van der Waals surface area contributed by atoms with E-state index in [0.717, 1.165) is 31.4 Å². The smallest absolute Gasteiger partial charge is 0.119 e. The fourth-order valence-electron chi connectivity index (χ4n) is 3.09. The van der Waals surface area contributed by atoms with Crippen molar-refractivity contribution in [1.29, 1.82) is 0 Å². The van der Waals surface area contributed by atoms with Crippen LogP contribution < -0.4 is 4.74 Å². The molecule has 2 heteroatoms. The number of hydrogen-bond donors (Lipinski definition) is 0. The molecule has 110 valence electrons. The average molecular weight is 282 g/mol. The molecule has 21 heavy (non-hydrogen) atoms. The molecule has 0 amide bonds. The zero-order valence-electron chi connectivity index (χ0n) is 12.8. The van der Waals surface area contributed by atoms with Gasteiger partial charge in [-0.2, -0.15) is 0 Å². The molecule has 0 N–H and O–H groups in total. The van der Waals surface area contributed by atoms with E-state index >= 15 is 0 Å². The highest BCUT2D eigenvalue weighted by Crippen LogP contribution is 2.23. The molecule has 1 aliphatic carbocycles. The number of rotatable bonds is 3. The molecule has 2 aromatic carbocycles. The van der Waals surface area contributed by atoms with Gasteiger partial charge in [0.2, 0.25) is 0 Å². The van der Waals surface area contributed by atoms with Gasteiger partial charge < -0.3 is 9.47 Å². The number of aryl methyl sites for hydroxylation is 4. The van der Waals surface area contributed by atoms with Crippen molar-refractivity contribution in [2.75, 3.05) is 14.2 Å². The number of hydrogen-bond acceptors (Lipinski definition) is 2. The first-order valence-corrected chi connectivity index (χ1v) is 7.54. The topological polar surface area (TPSA) is 18.5 Å². The maximum absolute atomic E-state index is 5.43. The van der Waals surface area contributed by atoms with Crippen LogP contribution >= 0.6 is 0 Å². The number of methoxy groups -OCH3 is 2. The molecular weight excluding hydrogens is 260 g/mol. The molecule has 0 spiro atoms. The van der Waals surface area contributed by atoms with E-state index in [2.05, 4.69) is 36.4 Å². The highest BCUT2D eigenvalue weighted by Gasteiger charge is 2.08. The van der Waals surface area contributed by atoms with Gasteiger partial charge in [-0.05, 0) is 65.6 Å². The number of fused-ring (bicyclic) bond motifs is 4. The van der Waals surface area contributed by atoms with E-state index in [-0.39, 0.29) is 0 Å². The molecule has 0 saturated heterocycles. The predicted molar refractivity (Wildman–Crippen MR) is 85.0 cm³/mol. The minimum Gasteiger partial charge on any atom is -0.497 e. The summed E-state index contributed by atoms with van der Waals surface area (Å²) in [6.45, 7) is 0.694. The van der Waals surface area contributed by atoms with Crippen molar-refractivity contribution in [3.05, 3.63) is 64.2 Å². The van der Waals surface area contributed by atoms with Crippen LogP contribution in [0.15, 0.2) is 36.4 Å².